The lowest BCUT2D eigenvalue weighted by atomic mass is 10.2. The summed E-state index contributed by atoms with van der Waals surface area (Å²) in [6, 6.07) is 1.01. The number of halogens is 4. The van der Waals surface area contributed by atoms with Gasteiger partial charge in [0, 0.05) is 17.2 Å². The van der Waals surface area contributed by atoms with E-state index < -0.39 is 19.9 Å². The van der Waals surface area contributed by atoms with Crippen LogP contribution in [0.3, 0.4) is 0 Å². The SMILES string of the molecule is CCCCNC(=O)c1c(Cl)c(Cl)cc(S(=O)(=O)Cl)c1Cl. The van der Waals surface area contributed by atoms with Gasteiger partial charge in [-0.2, -0.15) is 0 Å². The van der Waals surface area contributed by atoms with Crippen molar-refractivity contribution in [2.45, 2.75) is 24.7 Å². The van der Waals surface area contributed by atoms with Gasteiger partial charge in [0.05, 0.1) is 20.6 Å². The van der Waals surface area contributed by atoms with Gasteiger partial charge in [-0.25, -0.2) is 8.42 Å². The van der Waals surface area contributed by atoms with E-state index >= 15 is 0 Å². The second kappa shape index (κ2) is 7.18. The van der Waals surface area contributed by atoms with E-state index in [2.05, 4.69) is 5.32 Å². The summed E-state index contributed by atoms with van der Waals surface area (Å²) in [6.45, 7) is 2.38. The molecule has 0 aliphatic rings. The molecule has 0 saturated carbocycles. The number of amides is 1. The largest absolute Gasteiger partial charge is 0.352 e. The summed E-state index contributed by atoms with van der Waals surface area (Å²) >= 11 is 17.6. The molecule has 1 aromatic carbocycles. The average Bonchev–Trinajstić information content (AvgIpc) is 2.33. The van der Waals surface area contributed by atoms with Crippen LogP contribution in [0.15, 0.2) is 11.0 Å². The van der Waals surface area contributed by atoms with E-state index in [0.29, 0.717) is 6.54 Å². The molecule has 0 atom stereocenters. The predicted octanol–water partition coefficient (Wildman–Crippen LogP) is 4.10. The molecule has 0 aliphatic heterocycles. The summed E-state index contributed by atoms with van der Waals surface area (Å²) in [4.78, 5) is 11.6. The van der Waals surface area contributed by atoms with Crippen LogP contribution in [-0.4, -0.2) is 20.9 Å². The van der Waals surface area contributed by atoms with Gasteiger partial charge in [0.15, 0.2) is 0 Å². The van der Waals surface area contributed by atoms with Crippen molar-refractivity contribution in [2.24, 2.45) is 0 Å². The number of hydrogen-bond acceptors (Lipinski definition) is 3. The minimum atomic E-state index is -4.14. The van der Waals surface area contributed by atoms with Crippen LogP contribution in [0.25, 0.3) is 0 Å². The fourth-order valence-corrected chi connectivity index (χ4v) is 3.57. The van der Waals surface area contributed by atoms with Crippen LogP contribution in [0.4, 0.5) is 0 Å². The maximum absolute atomic E-state index is 12.0. The maximum Gasteiger partial charge on any atom is 0.262 e. The van der Waals surface area contributed by atoms with Crippen LogP contribution >= 0.6 is 45.5 Å². The molecule has 1 N–H and O–H groups in total. The first-order valence-electron chi connectivity index (χ1n) is 5.60. The van der Waals surface area contributed by atoms with Crippen LogP contribution in [0, 0.1) is 0 Å². The molecule has 0 saturated heterocycles. The third-order valence-electron chi connectivity index (χ3n) is 2.43. The van der Waals surface area contributed by atoms with E-state index in [9.17, 15) is 13.2 Å². The van der Waals surface area contributed by atoms with Crippen molar-refractivity contribution in [1.82, 2.24) is 5.32 Å². The van der Waals surface area contributed by atoms with Gasteiger partial charge in [-0.15, -0.1) is 0 Å². The number of carbonyl (C=O) groups excluding carboxylic acids is 1. The maximum atomic E-state index is 12.0. The molecule has 112 valence electrons. The summed E-state index contributed by atoms with van der Waals surface area (Å²) in [7, 11) is 1.11. The van der Waals surface area contributed by atoms with Crippen LogP contribution < -0.4 is 5.32 Å². The van der Waals surface area contributed by atoms with Crippen molar-refractivity contribution in [3.05, 3.63) is 26.7 Å². The normalized spacial score (nSPS) is 11.4. The molecule has 1 amide bonds. The highest BCUT2D eigenvalue weighted by Gasteiger charge is 2.25. The Morgan fingerprint density at radius 2 is 1.85 bits per heavy atom. The van der Waals surface area contributed by atoms with E-state index in [4.69, 9.17) is 45.5 Å². The van der Waals surface area contributed by atoms with Gasteiger partial charge < -0.3 is 5.32 Å². The Bertz CT molecular complexity index is 631. The van der Waals surface area contributed by atoms with E-state index in [1.165, 1.54) is 0 Å². The number of rotatable bonds is 5. The molecule has 9 heteroatoms. The molecule has 0 radical (unpaired) electrons. The molecular formula is C11H11Cl4NO3S. The number of benzene rings is 1. The van der Waals surface area contributed by atoms with E-state index in [-0.39, 0.29) is 20.6 Å². The lowest BCUT2D eigenvalue weighted by molar-refractivity contribution is 0.0953. The third-order valence-corrected chi connectivity index (χ3v) is 5.07. The van der Waals surface area contributed by atoms with Crippen LogP contribution in [-0.2, 0) is 9.05 Å². The molecule has 4 nitrogen and oxygen atoms in total. The quantitative estimate of drug-likeness (QED) is 0.476. The van der Waals surface area contributed by atoms with Gasteiger partial charge in [-0.3, -0.25) is 4.79 Å². The summed E-state index contributed by atoms with van der Waals surface area (Å²) < 4.78 is 22.8. The molecule has 0 heterocycles. The molecule has 0 spiro atoms. The van der Waals surface area contributed by atoms with Gasteiger partial charge in [0.1, 0.15) is 4.90 Å². The highest BCUT2D eigenvalue weighted by Crippen LogP contribution is 2.37. The van der Waals surface area contributed by atoms with E-state index in [0.717, 1.165) is 18.9 Å². The zero-order chi connectivity index (χ0) is 15.5. The zero-order valence-corrected chi connectivity index (χ0v) is 14.2. The van der Waals surface area contributed by atoms with Crippen molar-refractivity contribution in [2.75, 3.05) is 6.54 Å². The summed E-state index contributed by atoms with van der Waals surface area (Å²) in [6.07, 6.45) is 1.65. The zero-order valence-electron chi connectivity index (χ0n) is 10.3. The Balaban J connectivity index is 3.32. The first kappa shape index (κ1) is 17.9. The Morgan fingerprint density at radius 1 is 1.25 bits per heavy atom. The fraction of sp³-hybridized carbons (Fsp3) is 0.364. The van der Waals surface area contributed by atoms with Crippen LogP contribution in [0.5, 0.6) is 0 Å². The Kier molecular flexibility index (Phi) is 6.41. The number of hydrogen-bond donors (Lipinski definition) is 1. The molecule has 1 rings (SSSR count). The topological polar surface area (TPSA) is 63.2 Å². The van der Waals surface area contributed by atoms with Crippen molar-refractivity contribution in [3.8, 4) is 0 Å². The molecule has 0 bridgehead atoms. The number of carbonyl (C=O) groups is 1. The van der Waals surface area contributed by atoms with Crippen LogP contribution in [0.2, 0.25) is 15.1 Å². The van der Waals surface area contributed by atoms with Gasteiger partial charge in [0.2, 0.25) is 0 Å². The van der Waals surface area contributed by atoms with Gasteiger partial charge in [-0.1, -0.05) is 48.1 Å². The Morgan fingerprint density at radius 3 is 2.35 bits per heavy atom. The van der Waals surface area contributed by atoms with Gasteiger partial charge in [-0.05, 0) is 12.5 Å². The highest BCUT2D eigenvalue weighted by atomic mass is 35.7. The average molecular weight is 379 g/mol. The summed E-state index contributed by atoms with van der Waals surface area (Å²) in [5.41, 5.74) is -0.198. The lowest BCUT2D eigenvalue weighted by Crippen LogP contribution is -2.25. The Hall–Kier alpha value is -0.200. The molecule has 0 unspecified atom stereocenters. The van der Waals surface area contributed by atoms with Gasteiger partial charge in [0.25, 0.3) is 15.0 Å². The highest BCUT2D eigenvalue weighted by molar-refractivity contribution is 8.13. The molecule has 0 aromatic heterocycles. The molecule has 0 fully saturated rings. The standard InChI is InChI=1S/C11H11Cl4NO3S/c1-2-3-4-16-11(17)8-9(13)6(12)5-7(10(8)14)20(15,18)19/h5H,2-4H2,1H3,(H,16,17). The minimum Gasteiger partial charge on any atom is -0.352 e. The Labute approximate surface area is 136 Å². The fourth-order valence-electron chi connectivity index (χ4n) is 1.42. The van der Waals surface area contributed by atoms with Crippen molar-refractivity contribution in [3.63, 3.8) is 0 Å². The monoisotopic (exact) mass is 377 g/mol. The van der Waals surface area contributed by atoms with Crippen molar-refractivity contribution >= 4 is 60.4 Å². The van der Waals surface area contributed by atoms with E-state index in [1.54, 1.807) is 0 Å². The smallest absolute Gasteiger partial charge is 0.262 e. The molecule has 1 aromatic rings. The molecular weight excluding hydrogens is 368 g/mol. The number of unbranched alkanes of at least 4 members (excludes halogenated alkanes) is 1. The molecule has 20 heavy (non-hydrogen) atoms. The minimum absolute atomic E-state index is 0.115. The van der Waals surface area contributed by atoms with Crippen molar-refractivity contribution < 1.29 is 13.2 Å². The second-order valence-corrected chi connectivity index (χ2v) is 7.60. The van der Waals surface area contributed by atoms with Crippen molar-refractivity contribution in [1.29, 1.82) is 0 Å². The molecule has 0 aliphatic carbocycles. The lowest BCUT2D eigenvalue weighted by Gasteiger charge is -2.11. The third kappa shape index (κ3) is 4.15. The first-order chi connectivity index (χ1) is 9.20. The van der Waals surface area contributed by atoms with Crippen LogP contribution in [0.1, 0.15) is 30.1 Å². The number of nitrogens with one attached hydrogen (secondary N) is 1. The summed E-state index contributed by atoms with van der Waals surface area (Å²) in [5, 5.41) is 2.01. The first-order valence-corrected chi connectivity index (χ1v) is 9.04. The second-order valence-electron chi connectivity index (χ2n) is 3.91. The summed E-state index contributed by atoms with van der Waals surface area (Å²) in [5.74, 6) is -0.600. The predicted molar refractivity (Wildman–Crippen MR) is 81.8 cm³/mol. The van der Waals surface area contributed by atoms with E-state index in [1.807, 2.05) is 6.92 Å². The van der Waals surface area contributed by atoms with Gasteiger partial charge >= 0.3 is 0 Å².